The Kier molecular flexibility index (Phi) is 3.43. The van der Waals surface area contributed by atoms with Crippen LogP contribution in [0, 0.1) is 0 Å². The van der Waals surface area contributed by atoms with Gasteiger partial charge in [0.25, 0.3) is 0 Å². The molecular weight excluding hydrogens is 208 g/mol. The third kappa shape index (κ3) is 2.52. The fourth-order valence-corrected chi connectivity index (χ4v) is 2.13. The highest BCUT2D eigenvalue weighted by atomic mass is 16.3. The van der Waals surface area contributed by atoms with Crippen LogP contribution in [-0.4, -0.2) is 59.0 Å². The molecule has 1 aliphatic carbocycles. The summed E-state index contributed by atoms with van der Waals surface area (Å²) >= 11 is 0. The van der Waals surface area contributed by atoms with Crippen LogP contribution < -0.4 is 0 Å². The molecule has 0 spiro atoms. The maximum atomic E-state index is 11.9. The summed E-state index contributed by atoms with van der Waals surface area (Å²) in [5, 5.41) is 8.90. The van der Waals surface area contributed by atoms with E-state index in [9.17, 15) is 9.59 Å². The van der Waals surface area contributed by atoms with Gasteiger partial charge in [-0.1, -0.05) is 0 Å². The number of nitrogens with zero attached hydrogens (tertiary/aromatic N) is 2. The molecule has 0 radical (unpaired) electrons. The number of amides is 2. The van der Waals surface area contributed by atoms with E-state index in [0.717, 1.165) is 19.3 Å². The van der Waals surface area contributed by atoms with Crippen LogP contribution in [0.4, 0.5) is 0 Å². The number of aliphatic hydroxyl groups is 1. The molecule has 5 nitrogen and oxygen atoms in total. The summed E-state index contributed by atoms with van der Waals surface area (Å²) in [5.41, 5.74) is 0. The van der Waals surface area contributed by atoms with E-state index in [4.69, 9.17) is 5.11 Å². The van der Waals surface area contributed by atoms with Crippen LogP contribution in [0.5, 0.6) is 0 Å². The molecule has 5 heteroatoms. The van der Waals surface area contributed by atoms with Crippen molar-refractivity contribution >= 4 is 11.8 Å². The molecule has 0 atom stereocenters. The molecule has 0 aromatic carbocycles. The highest BCUT2D eigenvalue weighted by Crippen LogP contribution is 2.26. The first-order valence-electron chi connectivity index (χ1n) is 5.90. The molecular formula is C11H18N2O3. The molecule has 0 bridgehead atoms. The third-order valence-corrected chi connectivity index (χ3v) is 3.15. The van der Waals surface area contributed by atoms with Gasteiger partial charge in [0.2, 0.25) is 11.8 Å². The van der Waals surface area contributed by atoms with Crippen molar-refractivity contribution in [2.45, 2.75) is 31.7 Å². The molecule has 2 amide bonds. The monoisotopic (exact) mass is 226 g/mol. The van der Waals surface area contributed by atoms with E-state index in [1.165, 1.54) is 0 Å². The Labute approximate surface area is 95.0 Å². The predicted molar refractivity (Wildman–Crippen MR) is 57.6 cm³/mol. The first kappa shape index (κ1) is 11.4. The Morgan fingerprint density at radius 1 is 1.50 bits per heavy atom. The maximum absolute atomic E-state index is 11.9. The van der Waals surface area contributed by atoms with Crippen molar-refractivity contribution in [3.8, 4) is 0 Å². The van der Waals surface area contributed by atoms with Crippen LogP contribution in [0.15, 0.2) is 0 Å². The molecule has 2 fully saturated rings. The normalized spacial score (nSPS) is 20.3. The SMILES string of the molecule is O=C1CCCN1CC(=O)N(CCO)C1CC1. The van der Waals surface area contributed by atoms with Crippen molar-refractivity contribution in [1.82, 2.24) is 9.80 Å². The van der Waals surface area contributed by atoms with Gasteiger partial charge in [-0.15, -0.1) is 0 Å². The standard InChI is InChI=1S/C11H18N2O3/c14-7-6-13(9-3-4-9)11(16)8-12-5-1-2-10(12)15/h9,14H,1-8H2. The van der Waals surface area contributed by atoms with E-state index in [1.54, 1.807) is 9.80 Å². The summed E-state index contributed by atoms with van der Waals surface area (Å²) < 4.78 is 0. The summed E-state index contributed by atoms with van der Waals surface area (Å²) in [5.74, 6) is 0.0555. The van der Waals surface area contributed by atoms with Gasteiger partial charge in [0.15, 0.2) is 0 Å². The van der Waals surface area contributed by atoms with E-state index in [-0.39, 0.29) is 25.0 Å². The van der Waals surface area contributed by atoms with Gasteiger partial charge in [-0.3, -0.25) is 9.59 Å². The van der Waals surface area contributed by atoms with Gasteiger partial charge in [0.1, 0.15) is 0 Å². The number of carbonyl (C=O) groups is 2. The zero-order valence-electron chi connectivity index (χ0n) is 9.39. The van der Waals surface area contributed by atoms with Gasteiger partial charge in [-0.25, -0.2) is 0 Å². The second kappa shape index (κ2) is 4.82. The smallest absolute Gasteiger partial charge is 0.242 e. The molecule has 1 saturated heterocycles. The lowest BCUT2D eigenvalue weighted by Gasteiger charge is -2.24. The highest BCUT2D eigenvalue weighted by molar-refractivity contribution is 5.86. The fraction of sp³-hybridized carbons (Fsp3) is 0.818. The molecule has 0 unspecified atom stereocenters. The van der Waals surface area contributed by atoms with Crippen LogP contribution in [-0.2, 0) is 9.59 Å². The van der Waals surface area contributed by atoms with Gasteiger partial charge in [0.05, 0.1) is 13.2 Å². The minimum atomic E-state index is -0.0215. The van der Waals surface area contributed by atoms with Crippen molar-refractivity contribution in [2.24, 2.45) is 0 Å². The molecule has 90 valence electrons. The molecule has 1 aliphatic heterocycles. The van der Waals surface area contributed by atoms with Gasteiger partial charge >= 0.3 is 0 Å². The van der Waals surface area contributed by atoms with Crippen molar-refractivity contribution < 1.29 is 14.7 Å². The van der Waals surface area contributed by atoms with Gasteiger partial charge in [0, 0.05) is 25.6 Å². The van der Waals surface area contributed by atoms with Crippen LogP contribution in [0.25, 0.3) is 0 Å². The minimum absolute atomic E-state index is 0.00378. The summed E-state index contributed by atoms with van der Waals surface area (Å²) in [4.78, 5) is 26.7. The molecule has 2 aliphatic rings. The number of hydrogen-bond donors (Lipinski definition) is 1. The number of aliphatic hydroxyl groups excluding tert-OH is 1. The van der Waals surface area contributed by atoms with Crippen LogP contribution in [0.3, 0.4) is 0 Å². The molecule has 1 saturated carbocycles. The Morgan fingerprint density at radius 2 is 2.25 bits per heavy atom. The maximum Gasteiger partial charge on any atom is 0.242 e. The van der Waals surface area contributed by atoms with Gasteiger partial charge < -0.3 is 14.9 Å². The summed E-state index contributed by atoms with van der Waals surface area (Å²) in [7, 11) is 0. The van der Waals surface area contributed by atoms with Crippen molar-refractivity contribution in [3.63, 3.8) is 0 Å². The highest BCUT2D eigenvalue weighted by Gasteiger charge is 2.33. The van der Waals surface area contributed by atoms with Crippen molar-refractivity contribution in [2.75, 3.05) is 26.2 Å². The largest absolute Gasteiger partial charge is 0.395 e. The Morgan fingerprint density at radius 3 is 2.75 bits per heavy atom. The Balaban J connectivity index is 1.87. The molecule has 1 N–H and O–H groups in total. The lowest BCUT2D eigenvalue weighted by molar-refractivity contribution is -0.139. The topological polar surface area (TPSA) is 60.9 Å². The quantitative estimate of drug-likeness (QED) is 0.693. The zero-order chi connectivity index (χ0) is 11.5. The second-order valence-electron chi connectivity index (χ2n) is 4.46. The summed E-state index contributed by atoms with van der Waals surface area (Å²) in [6.45, 7) is 1.28. The van der Waals surface area contributed by atoms with Crippen LogP contribution >= 0.6 is 0 Å². The van der Waals surface area contributed by atoms with Gasteiger partial charge in [-0.05, 0) is 19.3 Å². The minimum Gasteiger partial charge on any atom is -0.395 e. The molecule has 16 heavy (non-hydrogen) atoms. The molecule has 0 aromatic heterocycles. The van der Waals surface area contributed by atoms with E-state index < -0.39 is 0 Å². The fourth-order valence-electron chi connectivity index (χ4n) is 2.13. The first-order valence-corrected chi connectivity index (χ1v) is 5.90. The summed E-state index contributed by atoms with van der Waals surface area (Å²) in [6.07, 6.45) is 3.48. The van der Waals surface area contributed by atoms with Crippen molar-refractivity contribution in [3.05, 3.63) is 0 Å². The first-order chi connectivity index (χ1) is 7.72. The second-order valence-corrected chi connectivity index (χ2v) is 4.46. The van der Waals surface area contributed by atoms with Gasteiger partial charge in [-0.2, -0.15) is 0 Å². The van der Waals surface area contributed by atoms with E-state index in [1.807, 2.05) is 0 Å². The lowest BCUT2D eigenvalue weighted by Crippen LogP contribution is -2.43. The van der Waals surface area contributed by atoms with Crippen LogP contribution in [0.1, 0.15) is 25.7 Å². The van der Waals surface area contributed by atoms with E-state index in [0.29, 0.717) is 25.6 Å². The van der Waals surface area contributed by atoms with Crippen molar-refractivity contribution in [1.29, 1.82) is 0 Å². The number of likely N-dealkylation sites (tertiary alicyclic amines) is 1. The Bertz CT molecular complexity index is 289. The average Bonchev–Trinajstić information content (AvgIpc) is 3.01. The lowest BCUT2D eigenvalue weighted by atomic mass is 10.4. The number of hydrogen-bond acceptors (Lipinski definition) is 3. The van der Waals surface area contributed by atoms with E-state index >= 15 is 0 Å². The Hall–Kier alpha value is -1.10. The van der Waals surface area contributed by atoms with E-state index in [2.05, 4.69) is 0 Å². The molecule has 1 heterocycles. The third-order valence-electron chi connectivity index (χ3n) is 3.15. The average molecular weight is 226 g/mol. The zero-order valence-corrected chi connectivity index (χ0v) is 9.39. The van der Waals surface area contributed by atoms with Crippen LogP contribution in [0.2, 0.25) is 0 Å². The molecule has 2 rings (SSSR count). The summed E-state index contributed by atoms with van der Waals surface area (Å²) in [6, 6.07) is 0.303. The molecule has 0 aromatic rings. The number of rotatable bonds is 5. The predicted octanol–water partition coefficient (Wildman–Crippen LogP) is -0.408. The number of carbonyl (C=O) groups excluding carboxylic acids is 2.